The van der Waals surface area contributed by atoms with Crippen LogP contribution in [0.3, 0.4) is 0 Å². The Hall–Kier alpha value is -2.71. The minimum atomic E-state index is -0.715. The van der Waals surface area contributed by atoms with Gasteiger partial charge in [-0.15, -0.1) is 0 Å². The predicted molar refractivity (Wildman–Crippen MR) is 52.9 cm³/mol. The monoisotopic (exact) mass is 237 g/mol. The molecule has 0 radical (unpaired) electrons. The molecule has 0 saturated heterocycles. The van der Waals surface area contributed by atoms with Crippen molar-refractivity contribution in [3.05, 3.63) is 40.2 Å². The van der Waals surface area contributed by atoms with Crippen molar-refractivity contribution in [3.63, 3.8) is 0 Å². The number of nitro groups is 1. The Morgan fingerprint density at radius 2 is 2.41 bits per heavy atom. The number of aromatic amines is 1. The van der Waals surface area contributed by atoms with E-state index < -0.39 is 16.7 Å². The van der Waals surface area contributed by atoms with E-state index in [1.807, 2.05) is 0 Å². The highest BCUT2D eigenvalue weighted by molar-refractivity contribution is 5.91. The number of carbonyl (C=O) groups is 1. The first-order valence-electron chi connectivity index (χ1n) is 4.53. The van der Waals surface area contributed by atoms with Gasteiger partial charge in [0.2, 0.25) is 0 Å². The lowest BCUT2D eigenvalue weighted by Gasteiger charge is -1.98. The van der Waals surface area contributed by atoms with Gasteiger partial charge in [0, 0.05) is 0 Å². The Kier molecular flexibility index (Phi) is 2.81. The third kappa shape index (κ3) is 2.45. The molecule has 0 aliphatic heterocycles. The standard InChI is InChI=1S/C8H7N5O4/c14-8(9-3-6-10-4-11-12-6)5-1-2-7(17-5)13(15)16/h1-2,4H,3H2,(H,9,14)(H,10,11,12). The Balaban J connectivity index is 1.97. The van der Waals surface area contributed by atoms with Crippen molar-refractivity contribution in [1.82, 2.24) is 20.5 Å². The normalized spacial score (nSPS) is 10.1. The highest BCUT2D eigenvalue weighted by Crippen LogP contribution is 2.15. The van der Waals surface area contributed by atoms with Crippen LogP contribution < -0.4 is 5.32 Å². The fourth-order valence-corrected chi connectivity index (χ4v) is 1.11. The molecule has 0 unspecified atom stereocenters. The van der Waals surface area contributed by atoms with Crippen molar-refractivity contribution in [1.29, 1.82) is 0 Å². The number of H-pyrrole nitrogens is 1. The van der Waals surface area contributed by atoms with E-state index in [0.717, 1.165) is 6.07 Å². The molecule has 1 amide bonds. The number of rotatable bonds is 4. The first-order valence-corrected chi connectivity index (χ1v) is 4.53. The molecule has 2 rings (SSSR count). The lowest BCUT2D eigenvalue weighted by molar-refractivity contribution is -0.402. The molecule has 0 aromatic carbocycles. The molecule has 2 N–H and O–H groups in total. The number of carbonyl (C=O) groups excluding carboxylic acids is 1. The minimum absolute atomic E-state index is 0.129. The third-order valence-electron chi connectivity index (χ3n) is 1.88. The fraction of sp³-hybridized carbons (Fsp3) is 0.125. The molecule has 2 aromatic heterocycles. The van der Waals surface area contributed by atoms with Crippen molar-refractivity contribution in [3.8, 4) is 0 Å². The van der Waals surface area contributed by atoms with Gasteiger partial charge in [0.15, 0.2) is 5.76 Å². The maximum Gasteiger partial charge on any atom is 0.433 e. The molecule has 9 heteroatoms. The van der Waals surface area contributed by atoms with Gasteiger partial charge in [-0.3, -0.25) is 20.0 Å². The quantitative estimate of drug-likeness (QED) is 0.579. The van der Waals surface area contributed by atoms with Crippen molar-refractivity contribution >= 4 is 11.8 Å². The van der Waals surface area contributed by atoms with Crippen LogP contribution in [0, 0.1) is 10.1 Å². The third-order valence-corrected chi connectivity index (χ3v) is 1.88. The van der Waals surface area contributed by atoms with Crippen LogP contribution >= 0.6 is 0 Å². The largest absolute Gasteiger partial charge is 0.433 e. The van der Waals surface area contributed by atoms with Crippen LogP contribution in [-0.2, 0) is 6.54 Å². The molecule has 0 saturated carbocycles. The summed E-state index contributed by atoms with van der Waals surface area (Å²) in [5, 5.41) is 19.0. The van der Waals surface area contributed by atoms with Gasteiger partial charge in [0.05, 0.1) is 12.6 Å². The van der Waals surface area contributed by atoms with E-state index in [0.29, 0.717) is 5.82 Å². The molecule has 0 spiro atoms. The van der Waals surface area contributed by atoms with Gasteiger partial charge < -0.3 is 9.73 Å². The summed E-state index contributed by atoms with van der Waals surface area (Å²) >= 11 is 0. The number of nitrogens with one attached hydrogen (secondary N) is 2. The molecule has 88 valence electrons. The summed E-state index contributed by atoms with van der Waals surface area (Å²) in [4.78, 5) is 24.9. The van der Waals surface area contributed by atoms with Gasteiger partial charge in [0.25, 0.3) is 5.91 Å². The first-order chi connectivity index (χ1) is 8.16. The van der Waals surface area contributed by atoms with Crippen LogP contribution in [0.4, 0.5) is 5.88 Å². The van der Waals surface area contributed by atoms with Crippen LogP contribution in [0.5, 0.6) is 0 Å². The summed E-state index contributed by atoms with van der Waals surface area (Å²) in [6.45, 7) is 0.132. The van der Waals surface area contributed by atoms with Crippen molar-refractivity contribution < 1.29 is 14.1 Å². The molecule has 0 atom stereocenters. The number of aromatic nitrogens is 3. The topological polar surface area (TPSA) is 127 Å². The Bertz CT molecular complexity index is 532. The van der Waals surface area contributed by atoms with Crippen molar-refractivity contribution in [2.75, 3.05) is 0 Å². The number of hydrogen-bond donors (Lipinski definition) is 2. The molecule has 9 nitrogen and oxygen atoms in total. The summed E-state index contributed by atoms with van der Waals surface area (Å²) in [5.41, 5.74) is 0. The number of hydrogen-bond acceptors (Lipinski definition) is 6. The highest BCUT2D eigenvalue weighted by Gasteiger charge is 2.16. The average molecular weight is 237 g/mol. The van der Waals surface area contributed by atoms with Crippen LogP contribution in [0.25, 0.3) is 0 Å². The highest BCUT2D eigenvalue weighted by atomic mass is 16.6. The summed E-state index contributed by atoms with van der Waals surface area (Å²) in [6.07, 6.45) is 1.30. The van der Waals surface area contributed by atoms with Gasteiger partial charge >= 0.3 is 5.88 Å². The van der Waals surface area contributed by atoms with E-state index in [-0.39, 0.29) is 12.3 Å². The van der Waals surface area contributed by atoms with Crippen molar-refractivity contribution in [2.45, 2.75) is 6.54 Å². The zero-order valence-electron chi connectivity index (χ0n) is 8.41. The second kappa shape index (κ2) is 4.43. The van der Waals surface area contributed by atoms with E-state index in [4.69, 9.17) is 4.42 Å². The first kappa shape index (κ1) is 10.8. The Morgan fingerprint density at radius 1 is 1.59 bits per heavy atom. The van der Waals surface area contributed by atoms with E-state index >= 15 is 0 Å². The second-order valence-corrected chi connectivity index (χ2v) is 3.01. The SMILES string of the molecule is O=C(NCc1ncn[nH]1)c1ccc([N+](=O)[O-])o1. The van der Waals surface area contributed by atoms with Gasteiger partial charge in [0.1, 0.15) is 17.1 Å². The van der Waals surface area contributed by atoms with Crippen LogP contribution in [0.1, 0.15) is 16.4 Å². The lowest BCUT2D eigenvalue weighted by atomic mass is 10.4. The zero-order chi connectivity index (χ0) is 12.3. The maximum atomic E-state index is 11.5. The van der Waals surface area contributed by atoms with Gasteiger partial charge in [-0.25, -0.2) is 4.98 Å². The van der Waals surface area contributed by atoms with E-state index in [9.17, 15) is 14.9 Å². The summed E-state index contributed by atoms with van der Waals surface area (Å²) in [7, 11) is 0. The van der Waals surface area contributed by atoms with E-state index in [2.05, 4.69) is 20.5 Å². The molecular weight excluding hydrogens is 230 g/mol. The number of nitrogens with zero attached hydrogens (tertiary/aromatic N) is 3. The van der Waals surface area contributed by atoms with Gasteiger partial charge in [-0.05, 0) is 6.07 Å². The van der Waals surface area contributed by atoms with E-state index in [1.54, 1.807) is 0 Å². The van der Waals surface area contributed by atoms with Crippen LogP contribution in [0.15, 0.2) is 22.9 Å². The fourth-order valence-electron chi connectivity index (χ4n) is 1.11. The molecule has 0 aliphatic rings. The Labute approximate surface area is 94.0 Å². The van der Waals surface area contributed by atoms with Gasteiger partial charge in [-0.2, -0.15) is 5.10 Å². The molecular formula is C8H7N5O4. The Morgan fingerprint density at radius 3 is 3.00 bits per heavy atom. The zero-order valence-corrected chi connectivity index (χ0v) is 8.41. The van der Waals surface area contributed by atoms with Crippen LogP contribution in [-0.4, -0.2) is 26.0 Å². The van der Waals surface area contributed by atoms with Gasteiger partial charge in [-0.1, -0.05) is 0 Å². The average Bonchev–Trinajstić information content (AvgIpc) is 2.96. The maximum absolute atomic E-state index is 11.5. The summed E-state index contributed by atoms with van der Waals surface area (Å²) in [5.74, 6) is -0.695. The molecule has 0 bridgehead atoms. The number of furan rings is 1. The van der Waals surface area contributed by atoms with Crippen molar-refractivity contribution in [2.24, 2.45) is 0 Å². The van der Waals surface area contributed by atoms with Crippen LogP contribution in [0.2, 0.25) is 0 Å². The summed E-state index contributed by atoms with van der Waals surface area (Å²) in [6, 6.07) is 2.34. The smallest absolute Gasteiger partial charge is 0.395 e. The minimum Gasteiger partial charge on any atom is -0.395 e. The molecule has 0 aliphatic carbocycles. The molecule has 2 aromatic rings. The second-order valence-electron chi connectivity index (χ2n) is 3.01. The lowest BCUT2D eigenvalue weighted by Crippen LogP contribution is -2.22. The predicted octanol–water partition coefficient (Wildman–Crippen LogP) is 0.236. The number of amides is 1. The van der Waals surface area contributed by atoms with E-state index in [1.165, 1.54) is 12.4 Å². The molecule has 17 heavy (non-hydrogen) atoms. The molecule has 2 heterocycles. The molecule has 0 fully saturated rings. The summed E-state index contributed by atoms with van der Waals surface area (Å²) < 4.78 is 4.72.